The van der Waals surface area contributed by atoms with Crippen LogP contribution in [-0.4, -0.2) is 44.2 Å². The first-order valence-corrected chi connectivity index (χ1v) is 5.71. The number of esters is 1. The zero-order valence-electron chi connectivity index (χ0n) is 10.1. The van der Waals surface area contributed by atoms with Gasteiger partial charge >= 0.3 is 5.97 Å². The fourth-order valence-electron chi connectivity index (χ4n) is 2.00. The second-order valence-corrected chi connectivity index (χ2v) is 4.13. The lowest BCUT2D eigenvalue weighted by Crippen LogP contribution is -2.34. The summed E-state index contributed by atoms with van der Waals surface area (Å²) in [6.45, 7) is 1.99. The number of carbonyl (C=O) groups excluding carboxylic acids is 1. The Bertz CT molecular complexity index is 402. The Kier molecular flexibility index (Phi) is 3.58. The molecule has 0 spiro atoms. The number of carbonyl (C=O) groups is 1. The molecule has 0 aliphatic carbocycles. The maximum absolute atomic E-state index is 11.4. The van der Waals surface area contributed by atoms with E-state index in [4.69, 9.17) is 0 Å². The normalized spacial score (nSPS) is 19.1. The summed E-state index contributed by atoms with van der Waals surface area (Å²) in [6.07, 6.45) is 1.10. The van der Waals surface area contributed by atoms with Crippen LogP contribution in [0.1, 0.15) is 16.9 Å². The van der Waals surface area contributed by atoms with Crippen LogP contribution in [0, 0.1) is 0 Å². The van der Waals surface area contributed by atoms with Crippen LogP contribution >= 0.6 is 0 Å². The zero-order valence-corrected chi connectivity index (χ0v) is 10.1. The number of rotatable bonds is 3. The van der Waals surface area contributed by atoms with Crippen molar-refractivity contribution in [2.45, 2.75) is 12.5 Å². The topological polar surface area (TPSA) is 54.5 Å². The summed E-state index contributed by atoms with van der Waals surface area (Å²) in [5.74, 6) is 0.409. The van der Waals surface area contributed by atoms with Gasteiger partial charge in [-0.05, 0) is 25.1 Å². The van der Waals surface area contributed by atoms with E-state index in [9.17, 15) is 4.79 Å². The van der Waals surface area contributed by atoms with E-state index in [1.165, 1.54) is 7.11 Å². The molecule has 1 atom stereocenters. The van der Waals surface area contributed by atoms with Crippen molar-refractivity contribution in [3.8, 4) is 0 Å². The highest BCUT2D eigenvalue weighted by atomic mass is 16.5. The number of ether oxygens (including phenoxy) is 1. The maximum atomic E-state index is 11.4. The van der Waals surface area contributed by atoms with E-state index in [0.717, 1.165) is 25.3 Å². The molecule has 2 rings (SSSR count). The van der Waals surface area contributed by atoms with E-state index >= 15 is 0 Å². The number of nitrogens with zero attached hydrogens (tertiary/aromatic N) is 2. The summed E-state index contributed by atoms with van der Waals surface area (Å²) in [6, 6.07) is 5.84. The fourth-order valence-corrected chi connectivity index (χ4v) is 2.00. The third-order valence-corrected chi connectivity index (χ3v) is 3.07. The molecule has 1 aliphatic heterocycles. The molecule has 1 N–H and O–H groups in total. The van der Waals surface area contributed by atoms with Gasteiger partial charge in [-0.3, -0.25) is 0 Å². The molecule has 0 saturated carbocycles. The van der Waals surface area contributed by atoms with Crippen molar-refractivity contribution in [2.75, 3.05) is 32.1 Å². The molecule has 92 valence electrons. The van der Waals surface area contributed by atoms with Crippen LogP contribution in [-0.2, 0) is 4.74 Å². The van der Waals surface area contributed by atoms with Crippen molar-refractivity contribution < 1.29 is 9.53 Å². The fraction of sp³-hybridized carbons (Fsp3) is 0.500. The average molecular weight is 235 g/mol. The number of hydrogen-bond acceptors (Lipinski definition) is 5. The monoisotopic (exact) mass is 235 g/mol. The Hall–Kier alpha value is -1.62. The number of aromatic nitrogens is 1. The molecule has 1 fully saturated rings. The minimum atomic E-state index is -0.398. The molecule has 1 aromatic rings. The van der Waals surface area contributed by atoms with E-state index in [1.807, 2.05) is 19.2 Å². The first kappa shape index (κ1) is 11.9. The predicted octanol–water partition coefficient (Wildman–Crippen LogP) is 0.666. The van der Waals surface area contributed by atoms with Crippen molar-refractivity contribution in [3.05, 3.63) is 23.9 Å². The first-order chi connectivity index (χ1) is 8.22. The van der Waals surface area contributed by atoms with Gasteiger partial charge in [0.05, 0.1) is 7.11 Å². The van der Waals surface area contributed by atoms with Gasteiger partial charge in [-0.15, -0.1) is 0 Å². The maximum Gasteiger partial charge on any atom is 0.356 e. The second-order valence-electron chi connectivity index (χ2n) is 4.13. The van der Waals surface area contributed by atoms with Crippen molar-refractivity contribution in [3.63, 3.8) is 0 Å². The minimum Gasteiger partial charge on any atom is -0.464 e. The molecule has 0 aromatic carbocycles. The van der Waals surface area contributed by atoms with Crippen molar-refractivity contribution in [1.29, 1.82) is 0 Å². The van der Waals surface area contributed by atoms with Crippen LogP contribution < -0.4 is 10.2 Å². The van der Waals surface area contributed by atoms with Gasteiger partial charge < -0.3 is 15.0 Å². The van der Waals surface area contributed by atoms with Crippen LogP contribution in [0.25, 0.3) is 0 Å². The van der Waals surface area contributed by atoms with Gasteiger partial charge in [0.2, 0.25) is 0 Å². The average Bonchev–Trinajstić information content (AvgIpc) is 2.91. The summed E-state index contributed by atoms with van der Waals surface area (Å²) in [4.78, 5) is 17.8. The summed E-state index contributed by atoms with van der Waals surface area (Å²) in [5.41, 5.74) is 0.350. The van der Waals surface area contributed by atoms with E-state index in [1.54, 1.807) is 6.07 Å². The standard InChI is InChI=1S/C12H17N3O2/c1-15(9-6-7-13-8-9)11-5-3-4-10(14-11)12(16)17-2/h3-5,9,13H,6-8H2,1-2H3. The lowest BCUT2D eigenvalue weighted by atomic mass is 10.2. The molecular weight excluding hydrogens is 218 g/mol. The number of methoxy groups -OCH3 is 1. The molecule has 0 radical (unpaired) electrons. The van der Waals surface area contributed by atoms with Gasteiger partial charge in [0.15, 0.2) is 5.69 Å². The third kappa shape index (κ3) is 2.55. The summed E-state index contributed by atoms with van der Waals surface area (Å²) >= 11 is 0. The molecule has 1 aliphatic rings. The lowest BCUT2D eigenvalue weighted by molar-refractivity contribution is 0.0594. The Balaban J connectivity index is 2.17. The van der Waals surface area contributed by atoms with E-state index in [0.29, 0.717) is 11.7 Å². The third-order valence-electron chi connectivity index (χ3n) is 3.07. The van der Waals surface area contributed by atoms with Crippen LogP contribution in [0.15, 0.2) is 18.2 Å². The largest absolute Gasteiger partial charge is 0.464 e. The van der Waals surface area contributed by atoms with Gasteiger partial charge in [-0.25, -0.2) is 9.78 Å². The summed E-state index contributed by atoms with van der Waals surface area (Å²) in [7, 11) is 3.36. The highest BCUT2D eigenvalue weighted by Gasteiger charge is 2.20. The van der Waals surface area contributed by atoms with E-state index in [2.05, 4.69) is 19.9 Å². The van der Waals surface area contributed by atoms with Crippen molar-refractivity contribution >= 4 is 11.8 Å². The number of nitrogens with one attached hydrogen (secondary N) is 1. The predicted molar refractivity (Wildman–Crippen MR) is 65.3 cm³/mol. The Morgan fingerprint density at radius 3 is 3.06 bits per heavy atom. The number of anilines is 1. The van der Waals surface area contributed by atoms with E-state index < -0.39 is 5.97 Å². The second kappa shape index (κ2) is 5.14. The zero-order chi connectivity index (χ0) is 12.3. The number of likely N-dealkylation sites (N-methyl/N-ethyl adjacent to an activating group) is 1. The highest BCUT2D eigenvalue weighted by Crippen LogP contribution is 2.16. The van der Waals surface area contributed by atoms with Crippen molar-refractivity contribution in [1.82, 2.24) is 10.3 Å². The van der Waals surface area contributed by atoms with Gasteiger partial charge in [0, 0.05) is 19.6 Å². The SMILES string of the molecule is COC(=O)c1cccc(N(C)C2CCNC2)n1. The highest BCUT2D eigenvalue weighted by molar-refractivity contribution is 5.87. The Morgan fingerprint density at radius 1 is 1.59 bits per heavy atom. The van der Waals surface area contributed by atoms with Crippen LogP contribution in [0.2, 0.25) is 0 Å². The Labute approximate surface area is 101 Å². The molecule has 5 nitrogen and oxygen atoms in total. The van der Waals surface area contributed by atoms with Crippen LogP contribution in [0.3, 0.4) is 0 Å². The van der Waals surface area contributed by atoms with Crippen molar-refractivity contribution in [2.24, 2.45) is 0 Å². The lowest BCUT2D eigenvalue weighted by Gasteiger charge is -2.24. The molecule has 0 amide bonds. The molecule has 0 bridgehead atoms. The summed E-state index contributed by atoms with van der Waals surface area (Å²) < 4.78 is 4.66. The summed E-state index contributed by atoms with van der Waals surface area (Å²) in [5, 5.41) is 3.31. The quantitative estimate of drug-likeness (QED) is 0.780. The molecule has 1 aromatic heterocycles. The van der Waals surface area contributed by atoms with Gasteiger partial charge in [-0.1, -0.05) is 6.07 Å². The molecule has 17 heavy (non-hydrogen) atoms. The van der Waals surface area contributed by atoms with Crippen LogP contribution in [0.4, 0.5) is 5.82 Å². The van der Waals surface area contributed by atoms with E-state index in [-0.39, 0.29) is 0 Å². The van der Waals surface area contributed by atoms with Gasteiger partial charge in [0.25, 0.3) is 0 Å². The first-order valence-electron chi connectivity index (χ1n) is 5.71. The van der Waals surface area contributed by atoms with Gasteiger partial charge in [-0.2, -0.15) is 0 Å². The smallest absolute Gasteiger partial charge is 0.356 e. The Morgan fingerprint density at radius 2 is 2.41 bits per heavy atom. The molecule has 1 saturated heterocycles. The molecule has 2 heterocycles. The van der Waals surface area contributed by atoms with Gasteiger partial charge in [0.1, 0.15) is 5.82 Å². The minimum absolute atomic E-state index is 0.350. The molecule has 1 unspecified atom stereocenters. The number of pyridine rings is 1. The molecular formula is C12H17N3O2. The number of hydrogen-bond donors (Lipinski definition) is 1. The molecule has 5 heteroatoms. The van der Waals surface area contributed by atoms with Crippen LogP contribution in [0.5, 0.6) is 0 Å².